The van der Waals surface area contributed by atoms with Gasteiger partial charge in [-0.1, -0.05) is 17.8 Å². The molecule has 0 saturated carbocycles. The molecule has 0 saturated heterocycles. The van der Waals surface area contributed by atoms with Gasteiger partial charge in [-0.25, -0.2) is 14.2 Å². The van der Waals surface area contributed by atoms with E-state index in [9.17, 15) is 4.79 Å². The maximum atomic E-state index is 12.0. The van der Waals surface area contributed by atoms with Crippen molar-refractivity contribution in [1.29, 1.82) is 0 Å². The second-order valence-electron chi connectivity index (χ2n) is 3.87. The van der Waals surface area contributed by atoms with Crippen LogP contribution in [0.4, 0.5) is 0 Å². The number of thioether (sulfide) groups is 1. The van der Waals surface area contributed by atoms with Crippen LogP contribution in [0.5, 0.6) is 0 Å². The number of pyridine rings is 1. The van der Waals surface area contributed by atoms with E-state index in [1.807, 2.05) is 6.07 Å². The van der Waals surface area contributed by atoms with Gasteiger partial charge in [0.15, 0.2) is 5.65 Å². The molecule has 3 aromatic rings. The quantitative estimate of drug-likeness (QED) is 0.615. The molecular formula is C10H11N7OS. The van der Waals surface area contributed by atoms with Crippen LogP contribution in [0.3, 0.4) is 0 Å². The molecule has 0 aliphatic carbocycles. The van der Waals surface area contributed by atoms with Crippen LogP contribution in [0.25, 0.3) is 5.65 Å². The highest BCUT2D eigenvalue weighted by atomic mass is 32.2. The van der Waals surface area contributed by atoms with Crippen LogP contribution in [0, 0.1) is 0 Å². The van der Waals surface area contributed by atoms with Crippen LogP contribution in [0.2, 0.25) is 0 Å². The van der Waals surface area contributed by atoms with E-state index >= 15 is 0 Å². The van der Waals surface area contributed by atoms with Crippen molar-refractivity contribution in [2.24, 2.45) is 7.05 Å². The van der Waals surface area contributed by atoms with E-state index < -0.39 is 0 Å². The second-order valence-corrected chi connectivity index (χ2v) is 4.93. The first-order chi connectivity index (χ1) is 9.25. The van der Waals surface area contributed by atoms with Gasteiger partial charge in [0.2, 0.25) is 5.16 Å². The van der Waals surface area contributed by atoms with E-state index in [2.05, 4.69) is 20.6 Å². The Morgan fingerprint density at radius 2 is 2.26 bits per heavy atom. The van der Waals surface area contributed by atoms with Crippen molar-refractivity contribution in [2.45, 2.75) is 11.7 Å². The summed E-state index contributed by atoms with van der Waals surface area (Å²) in [6, 6.07) is 5.46. The molecule has 0 unspecified atom stereocenters. The maximum absolute atomic E-state index is 12.0. The van der Waals surface area contributed by atoms with Crippen molar-refractivity contribution in [3.8, 4) is 0 Å². The zero-order valence-electron chi connectivity index (χ0n) is 10.2. The Balaban J connectivity index is 1.74. The molecule has 19 heavy (non-hydrogen) atoms. The monoisotopic (exact) mass is 277 g/mol. The van der Waals surface area contributed by atoms with E-state index in [-0.39, 0.29) is 5.69 Å². The van der Waals surface area contributed by atoms with Crippen LogP contribution in [0.15, 0.2) is 34.3 Å². The number of aromatic nitrogens is 7. The molecule has 0 bridgehead atoms. The largest absolute Gasteiger partial charge is 0.350 e. The summed E-state index contributed by atoms with van der Waals surface area (Å²) in [6.45, 7) is 0.512. The van der Waals surface area contributed by atoms with E-state index in [0.717, 1.165) is 5.16 Å². The van der Waals surface area contributed by atoms with Gasteiger partial charge in [-0.3, -0.25) is 4.40 Å². The molecule has 0 amide bonds. The number of aryl methyl sites for hydroxylation is 2. The standard InChI is InChI=1S/C10H11N7OS/c1-15-9(11-13-14-15)19-7-6-17-10(18)16-5-3-2-4-8(16)12-17/h2-5H,6-7H2,1H3. The molecule has 98 valence electrons. The summed E-state index contributed by atoms with van der Waals surface area (Å²) in [7, 11) is 1.78. The van der Waals surface area contributed by atoms with Gasteiger partial charge >= 0.3 is 5.69 Å². The topological polar surface area (TPSA) is 82.9 Å². The minimum Gasteiger partial charge on any atom is -0.250 e. The van der Waals surface area contributed by atoms with Gasteiger partial charge in [0.25, 0.3) is 0 Å². The predicted molar refractivity (Wildman–Crippen MR) is 69.0 cm³/mol. The molecule has 3 aromatic heterocycles. The van der Waals surface area contributed by atoms with Gasteiger partial charge in [0, 0.05) is 19.0 Å². The van der Waals surface area contributed by atoms with Crippen molar-refractivity contribution < 1.29 is 0 Å². The van der Waals surface area contributed by atoms with Crippen molar-refractivity contribution in [3.63, 3.8) is 0 Å². The van der Waals surface area contributed by atoms with Crippen LogP contribution >= 0.6 is 11.8 Å². The van der Waals surface area contributed by atoms with Crippen LogP contribution < -0.4 is 5.69 Å². The first-order valence-electron chi connectivity index (χ1n) is 5.65. The van der Waals surface area contributed by atoms with Gasteiger partial charge in [0.1, 0.15) is 0 Å². The molecule has 3 rings (SSSR count). The fraction of sp³-hybridized carbons (Fsp3) is 0.300. The number of nitrogens with zero attached hydrogens (tertiary/aromatic N) is 7. The SMILES string of the molecule is Cn1nnnc1SCCn1nc2ccccn2c1=O. The minimum atomic E-state index is -0.132. The first kappa shape index (κ1) is 11.9. The average molecular weight is 277 g/mol. The third-order valence-electron chi connectivity index (χ3n) is 2.60. The van der Waals surface area contributed by atoms with E-state index in [1.54, 1.807) is 30.1 Å². The Hall–Kier alpha value is -2.16. The molecule has 0 radical (unpaired) electrons. The minimum absolute atomic E-state index is 0.132. The summed E-state index contributed by atoms with van der Waals surface area (Å²) in [5, 5.41) is 16.1. The lowest BCUT2D eigenvalue weighted by Crippen LogP contribution is -2.22. The molecule has 0 aliphatic rings. The lowest BCUT2D eigenvalue weighted by molar-refractivity contribution is 0.635. The molecule has 0 fully saturated rings. The number of fused-ring (bicyclic) bond motifs is 1. The summed E-state index contributed by atoms with van der Waals surface area (Å²) < 4.78 is 4.57. The zero-order valence-corrected chi connectivity index (χ0v) is 11.0. The Morgan fingerprint density at radius 3 is 3.00 bits per heavy atom. The summed E-state index contributed by atoms with van der Waals surface area (Å²) in [5.74, 6) is 0.679. The van der Waals surface area contributed by atoms with Gasteiger partial charge in [-0.15, -0.1) is 10.2 Å². The normalized spacial score (nSPS) is 11.2. The van der Waals surface area contributed by atoms with E-state index in [0.29, 0.717) is 17.9 Å². The van der Waals surface area contributed by atoms with Crippen molar-refractivity contribution in [2.75, 3.05) is 5.75 Å². The predicted octanol–water partition coefficient (Wildman–Crippen LogP) is -0.188. The lowest BCUT2D eigenvalue weighted by atomic mass is 10.5. The Bertz CT molecular complexity index is 758. The maximum Gasteiger partial charge on any atom is 0.350 e. The summed E-state index contributed by atoms with van der Waals surface area (Å²) in [6.07, 6.45) is 1.71. The van der Waals surface area contributed by atoms with Crippen LogP contribution in [0.1, 0.15) is 0 Å². The highest BCUT2D eigenvalue weighted by molar-refractivity contribution is 7.99. The first-order valence-corrected chi connectivity index (χ1v) is 6.63. The molecule has 8 nitrogen and oxygen atoms in total. The van der Waals surface area contributed by atoms with Crippen LogP contribution in [-0.2, 0) is 13.6 Å². The number of hydrogen-bond donors (Lipinski definition) is 0. The number of rotatable bonds is 4. The highest BCUT2D eigenvalue weighted by Gasteiger charge is 2.07. The fourth-order valence-corrected chi connectivity index (χ4v) is 2.45. The summed E-state index contributed by atoms with van der Waals surface area (Å²) >= 11 is 1.49. The molecule has 0 N–H and O–H groups in total. The molecule has 0 spiro atoms. The molecule has 0 aliphatic heterocycles. The highest BCUT2D eigenvalue weighted by Crippen LogP contribution is 2.11. The fourth-order valence-electron chi connectivity index (χ4n) is 1.68. The summed E-state index contributed by atoms with van der Waals surface area (Å²) in [5.41, 5.74) is 0.519. The molecule has 9 heteroatoms. The molecular weight excluding hydrogens is 266 g/mol. The second kappa shape index (κ2) is 4.84. The third-order valence-corrected chi connectivity index (χ3v) is 3.59. The zero-order chi connectivity index (χ0) is 13.2. The van der Waals surface area contributed by atoms with Crippen LogP contribution in [-0.4, -0.2) is 40.1 Å². The van der Waals surface area contributed by atoms with Gasteiger partial charge in [-0.05, 0) is 22.6 Å². The van der Waals surface area contributed by atoms with Crippen molar-refractivity contribution in [1.82, 2.24) is 34.4 Å². The van der Waals surface area contributed by atoms with Gasteiger partial charge in [0.05, 0.1) is 6.54 Å². The Morgan fingerprint density at radius 1 is 1.37 bits per heavy atom. The molecule has 0 aromatic carbocycles. The van der Waals surface area contributed by atoms with Crippen molar-refractivity contribution >= 4 is 17.4 Å². The smallest absolute Gasteiger partial charge is 0.250 e. The third kappa shape index (κ3) is 2.24. The van der Waals surface area contributed by atoms with Gasteiger partial charge < -0.3 is 0 Å². The Kier molecular flexibility index (Phi) is 3.03. The molecule has 3 heterocycles. The lowest BCUT2D eigenvalue weighted by Gasteiger charge is -1.98. The number of tetrazole rings is 1. The molecule has 0 atom stereocenters. The van der Waals surface area contributed by atoms with Gasteiger partial charge in [-0.2, -0.15) is 0 Å². The van der Waals surface area contributed by atoms with Crippen molar-refractivity contribution in [3.05, 3.63) is 34.9 Å². The number of hydrogen-bond acceptors (Lipinski definition) is 6. The Labute approximate surface area is 112 Å². The summed E-state index contributed by atoms with van der Waals surface area (Å²) in [4.78, 5) is 12.0. The van der Waals surface area contributed by atoms with E-state index in [1.165, 1.54) is 20.8 Å². The van der Waals surface area contributed by atoms with E-state index in [4.69, 9.17) is 0 Å². The average Bonchev–Trinajstić information content (AvgIpc) is 2.96.